The van der Waals surface area contributed by atoms with E-state index < -0.39 is 0 Å². The van der Waals surface area contributed by atoms with E-state index in [4.69, 9.17) is 0 Å². The number of hydrogen-bond acceptors (Lipinski definition) is 3. The van der Waals surface area contributed by atoms with Crippen LogP contribution in [0.15, 0.2) is 30.6 Å². The van der Waals surface area contributed by atoms with Crippen molar-refractivity contribution in [3.8, 4) is 0 Å². The molecule has 2 aromatic rings. The van der Waals surface area contributed by atoms with Gasteiger partial charge in [0, 0.05) is 45.7 Å². The Labute approximate surface area is 143 Å². The van der Waals surface area contributed by atoms with Gasteiger partial charge in [-0.2, -0.15) is 0 Å². The van der Waals surface area contributed by atoms with Crippen molar-refractivity contribution in [2.75, 3.05) is 32.7 Å². The van der Waals surface area contributed by atoms with E-state index in [0.29, 0.717) is 13.0 Å². The maximum absolute atomic E-state index is 12.5. The zero-order valence-electron chi connectivity index (χ0n) is 14.2. The van der Waals surface area contributed by atoms with Gasteiger partial charge in [-0.25, -0.2) is 4.98 Å². The average Bonchev–Trinajstić information content (AvgIpc) is 3.00. The number of rotatable bonds is 5. The lowest BCUT2D eigenvalue weighted by Gasteiger charge is -2.38. The predicted octanol–water partition coefficient (Wildman–Crippen LogP) is 2.37. The summed E-state index contributed by atoms with van der Waals surface area (Å²) in [5.74, 6) is 1.19. The summed E-state index contributed by atoms with van der Waals surface area (Å²) in [7, 11) is 0. The van der Waals surface area contributed by atoms with Crippen molar-refractivity contribution >= 4 is 16.9 Å². The highest BCUT2D eigenvalue weighted by Gasteiger charge is 2.25. The van der Waals surface area contributed by atoms with Gasteiger partial charge in [0.15, 0.2) is 0 Å². The molecule has 5 heteroatoms. The van der Waals surface area contributed by atoms with E-state index in [-0.39, 0.29) is 5.91 Å². The summed E-state index contributed by atoms with van der Waals surface area (Å²) in [4.78, 5) is 21.5. The van der Waals surface area contributed by atoms with Gasteiger partial charge in [0.1, 0.15) is 0 Å². The molecule has 2 heterocycles. The average molecular weight is 326 g/mol. The number of carbonyl (C=O) groups excluding carboxylic acids is 1. The Morgan fingerprint density at radius 2 is 1.92 bits per heavy atom. The summed E-state index contributed by atoms with van der Waals surface area (Å²) in [5.41, 5.74) is 2.10. The standard InChI is InChI=1S/C19H26N4O/c24-19(8-9-23-15-20-17-6-1-2-7-18(17)23)22-12-10-21(11-13-22)14-16-4-3-5-16/h1-2,6-7,15-16H,3-5,8-14H2. The number of benzene rings is 1. The zero-order valence-corrected chi connectivity index (χ0v) is 14.2. The first kappa shape index (κ1) is 15.6. The van der Waals surface area contributed by atoms with Gasteiger partial charge in [-0.1, -0.05) is 18.6 Å². The van der Waals surface area contributed by atoms with Crippen molar-refractivity contribution in [1.82, 2.24) is 19.4 Å². The van der Waals surface area contributed by atoms with Gasteiger partial charge in [0.25, 0.3) is 0 Å². The topological polar surface area (TPSA) is 41.4 Å². The van der Waals surface area contributed by atoms with Crippen molar-refractivity contribution in [2.45, 2.75) is 32.2 Å². The van der Waals surface area contributed by atoms with Gasteiger partial charge in [0.05, 0.1) is 17.4 Å². The smallest absolute Gasteiger partial charge is 0.224 e. The highest BCUT2D eigenvalue weighted by atomic mass is 16.2. The lowest BCUT2D eigenvalue weighted by molar-refractivity contribution is -0.133. The van der Waals surface area contributed by atoms with Crippen LogP contribution in [0.4, 0.5) is 0 Å². The van der Waals surface area contributed by atoms with Gasteiger partial charge in [-0.15, -0.1) is 0 Å². The van der Waals surface area contributed by atoms with Crippen LogP contribution in [0.5, 0.6) is 0 Å². The number of aromatic nitrogens is 2. The second-order valence-corrected chi connectivity index (χ2v) is 7.16. The van der Waals surface area contributed by atoms with Crippen LogP contribution in [0.1, 0.15) is 25.7 Å². The van der Waals surface area contributed by atoms with E-state index in [0.717, 1.165) is 43.1 Å². The van der Waals surface area contributed by atoms with E-state index >= 15 is 0 Å². The fraction of sp³-hybridized carbons (Fsp3) is 0.579. The van der Waals surface area contributed by atoms with Crippen molar-refractivity contribution in [1.29, 1.82) is 0 Å². The molecule has 0 radical (unpaired) electrons. The summed E-state index contributed by atoms with van der Waals surface area (Å²) in [5, 5.41) is 0. The van der Waals surface area contributed by atoms with Crippen molar-refractivity contribution in [3.05, 3.63) is 30.6 Å². The molecule has 0 spiro atoms. The Morgan fingerprint density at radius 1 is 1.12 bits per heavy atom. The molecule has 128 valence electrons. The van der Waals surface area contributed by atoms with E-state index in [1.54, 1.807) is 0 Å². The summed E-state index contributed by atoms with van der Waals surface area (Å²) in [6, 6.07) is 8.08. The first-order valence-corrected chi connectivity index (χ1v) is 9.19. The van der Waals surface area contributed by atoms with Crippen LogP contribution in [0.3, 0.4) is 0 Å². The number of carbonyl (C=O) groups is 1. The largest absolute Gasteiger partial charge is 0.340 e. The van der Waals surface area contributed by atoms with Crippen LogP contribution in [0.2, 0.25) is 0 Å². The normalized spacial score (nSPS) is 19.6. The SMILES string of the molecule is O=C(CCn1cnc2ccccc21)N1CCN(CC2CCC2)CC1. The highest BCUT2D eigenvalue weighted by Crippen LogP contribution is 2.27. The summed E-state index contributed by atoms with van der Waals surface area (Å²) < 4.78 is 2.08. The second kappa shape index (κ2) is 6.93. The number of piperazine rings is 1. The van der Waals surface area contributed by atoms with Gasteiger partial charge in [-0.05, 0) is 30.9 Å². The monoisotopic (exact) mass is 326 g/mol. The maximum atomic E-state index is 12.5. The third kappa shape index (κ3) is 3.31. The molecule has 5 nitrogen and oxygen atoms in total. The Hall–Kier alpha value is -1.88. The third-order valence-electron chi connectivity index (χ3n) is 5.56. The van der Waals surface area contributed by atoms with Crippen LogP contribution in [-0.4, -0.2) is 58.0 Å². The number of amides is 1. The summed E-state index contributed by atoms with van der Waals surface area (Å²) >= 11 is 0. The molecule has 0 atom stereocenters. The van der Waals surface area contributed by atoms with E-state index in [9.17, 15) is 4.79 Å². The molecule has 2 fully saturated rings. The minimum Gasteiger partial charge on any atom is -0.340 e. The van der Waals surface area contributed by atoms with Crippen LogP contribution in [0.25, 0.3) is 11.0 Å². The molecule has 0 N–H and O–H groups in total. The first-order chi connectivity index (χ1) is 11.8. The fourth-order valence-electron chi connectivity index (χ4n) is 3.78. The lowest BCUT2D eigenvalue weighted by Crippen LogP contribution is -2.50. The fourth-order valence-corrected chi connectivity index (χ4v) is 3.78. The molecule has 0 bridgehead atoms. The molecule has 0 unspecified atom stereocenters. The Kier molecular flexibility index (Phi) is 4.52. The van der Waals surface area contributed by atoms with Gasteiger partial charge >= 0.3 is 0 Å². The molecule has 1 saturated heterocycles. The van der Waals surface area contributed by atoms with Crippen molar-refractivity contribution in [2.24, 2.45) is 5.92 Å². The molecule has 1 saturated carbocycles. The molecule has 2 aliphatic rings. The minimum absolute atomic E-state index is 0.274. The first-order valence-electron chi connectivity index (χ1n) is 9.19. The maximum Gasteiger partial charge on any atom is 0.224 e. The van der Waals surface area contributed by atoms with Gasteiger partial charge < -0.3 is 9.47 Å². The quantitative estimate of drug-likeness (QED) is 0.847. The number of hydrogen-bond donors (Lipinski definition) is 0. The molecule has 1 amide bonds. The number of para-hydroxylation sites is 2. The Balaban J connectivity index is 1.26. The molecule has 1 aromatic carbocycles. The van der Waals surface area contributed by atoms with Crippen LogP contribution < -0.4 is 0 Å². The summed E-state index contributed by atoms with van der Waals surface area (Å²) in [6.07, 6.45) is 6.61. The van der Waals surface area contributed by atoms with E-state index in [2.05, 4.69) is 20.5 Å². The summed E-state index contributed by atoms with van der Waals surface area (Å²) in [6.45, 7) is 5.80. The van der Waals surface area contributed by atoms with E-state index in [1.165, 1.54) is 25.8 Å². The molecule has 1 aliphatic heterocycles. The molecule has 1 aliphatic carbocycles. The Morgan fingerprint density at radius 3 is 2.67 bits per heavy atom. The number of aryl methyl sites for hydroxylation is 1. The highest BCUT2D eigenvalue weighted by molar-refractivity contribution is 5.77. The molecule has 24 heavy (non-hydrogen) atoms. The molecule has 1 aromatic heterocycles. The lowest BCUT2D eigenvalue weighted by atomic mass is 9.85. The third-order valence-corrected chi connectivity index (χ3v) is 5.56. The van der Waals surface area contributed by atoms with Gasteiger partial charge in [-0.3, -0.25) is 9.69 Å². The number of nitrogens with zero attached hydrogens (tertiary/aromatic N) is 4. The second-order valence-electron chi connectivity index (χ2n) is 7.16. The molecular formula is C19H26N4O. The Bertz CT molecular complexity index is 698. The van der Waals surface area contributed by atoms with E-state index in [1.807, 2.05) is 29.4 Å². The van der Waals surface area contributed by atoms with Gasteiger partial charge in [0.2, 0.25) is 5.91 Å². The van der Waals surface area contributed by atoms with Crippen LogP contribution in [0, 0.1) is 5.92 Å². The van der Waals surface area contributed by atoms with Crippen molar-refractivity contribution in [3.63, 3.8) is 0 Å². The van der Waals surface area contributed by atoms with Crippen LogP contribution in [-0.2, 0) is 11.3 Å². The van der Waals surface area contributed by atoms with Crippen molar-refractivity contribution < 1.29 is 4.79 Å². The number of imidazole rings is 1. The predicted molar refractivity (Wildman–Crippen MR) is 94.7 cm³/mol. The zero-order chi connectivity index (χ0) is 16.4. The minimum atomic E-state index is 0.274. The molecule has 4 rings (SSSR count). The molecular weight excluding hydrogens is 300 g/mol. The van der Waals surface area contributed by atoms with Crippen LogP contribution >= 0.6 is 0 Å². The number of fused-ring (bicyclic) bond motifs is 1.